The van der Waals surface area contributed by atoms with Crippen molar-refractivity contribution in [2.24, 2.45) is 4.99 Å². The molecule has 0 saturated carbocycles. The van der Waals surface area contributed by atoms with Crippen LogP contribution in [0.1, 0.15) is 19.8 Å². The second kappa shape index (κ2) is 14.9. The molecule has 23 heavy (non-hydrogen) atoms. The Morgan fingerprint density at radius 1 is 1.30 bits per heavy atom. The van der Waals surface area contributed by atoms with E-state index in [1.54, 1.807) is 12.1 Å². The van der Waals surface area contributed by atoms with Gasteiger partial charge in [0.2, 0.25) is 0 Å². The molecule has 0 aromatic heterocycles. The van der Waals surface area contributed by atoms with Crippen LogP contribution in [0.2, 0.25) is 0 Å². The lowest BCUT2D eigenvalue weighted by Crippen LogP contribution is -2.39. The Bertz CT molecular complexity index is 449. The number of guanidine groups is 1. The smallest absolute Gasteiger partial charge is 0.191 e. The normalized spacial score (nSPS) is 10.8. The minimum absolute atomic E-state index is 0. The van der Waals surface area contributed by atoms with Gasteiger partial charge in [-0.25, -0.2) is 4.39 Å². The summed E-state index contributed by atoms with van der Waals surface area (Å²) in [4.78, 5) is 4.51. The van der Waals surface area contributed by atoms with E-state index in [-0.39, 0.29) is 29.8 Å². The van der Waals surface area contributed by atoms with Gasteiger partial charge in [-0.05, 0) is 43.9 Å². The standard InChI is InChI=1S/C16H26FN3OS.HI/c1-3-18-16(19-9-4-5-12-22-2)20-10-11-21-15-8-6-7-14(17)13-15;/h6-8,13H,3-5,9-12H2,1-2H3,(H2,18,19,20);1H. The molecule has 0 radical (unpaired) electrons. The molecule has 0 amide bonds. The van der Waals surface area contributed by atoms with Gasteiger partial charge in [-0.2, -0.15) is 11.8 Å². The van der Waals surface area contributed by atoms with Crippen molar-refractivity contribution >= 4 is 41.7 Å². The molecule has 0 aliphatic rings. The van der Waals surface area contributed by atoms with Gasteiger partial charge in [0.1, 0.15) is 18.2 Å². The Labute approximate surface area is 160 Å². The third-order valence-electron chi connectivity index (χ3n) is 2.83. The highest BCUT2D eigenvalue weighted by Gasteiger charge is 1.98. The van der Waals surface area contributed by atoms with E-state index >= 15 is 0 Å². The van der Waals surface area contributed by atoms with Crippen LogP contribution in [0.15, 0.2) is 29.3 Å². The van der Waals surface area contributed by atoms with E-state index in [4.69, 9.17) is 4.74 Å². The van der Waals surface area contributed by atoms with Crippen LogP contribution in [0.4, 0.5) is 4.39 Å². The Balaban J connectivity index is 0.00000484. The monoisotopic (exact) mass is 455 g/mol. The number of thioether (sulfide) groups is 1. The van der Waals surface area contributed by atoms with E-state index in [1.165, 1.54) is 24.3 Å². The van der Waals surface area contributed by atoms with Crippen LogP contribution in [0.3, 0.4) is 0 Å². The maximum absolute atomic E-state index is 13.0. The van der Waals surface area contributed by atoms with E-state index in [0.717, 1.165) is 25.5 Å². The van der Waals surface area contributed by atoms with Gasteiger partial charge in [-0.1, -0.05) is 6.07 Å². The topological polar surface area (TPSA) is 45.7 Å². The number of rotatable bonds is 10. The minimum Gasteiger partial charge on any atom is -0.492 e. The number of benzene rings is 1. The van der Waals surface area contributed by atoms with E-state index < -0.39 is 0 Å². The Morgan fingerprint density at radius 3 is 2.83 bits per heavy atom. The van der Waals surface area contributed by atoms with E-state index in [0.29, 0.717) is 18.9 Å². The van der Waals surface area contributed by atoms with Gasteiger partial charge >= 0.3 is 0 Å². The van der Waals surface area contributed by atoms with Crippen LogP contribution in [-0.2, 0) is 0 Å². The molecule has 0 fully saturated rings. The fourth-order valence-corrected chi connectivity index (χ4v) is 2.28. The summed E-state index contributed by atoms with van der Waals surface area (Å²) >= 11 is 1.86. The molecule has 0 spiro atoms. The lowest BCUT2D eigenvalue weighted by Gasteiger charge is -2.12. The minimum atomic E-state index is -0.286. The molecule has 1 aromatic carbocycles. The zero-order valence-corrected chi connectivity index (χ0v) is 17.0. The second-order valence-electron chi connectivity index (χ2n) is 4.69. The predicted octanol–water partition coefficient (Wildman–Crippen LogP) is 3.52. The molecular weight excluding hydrogens is 428 g/mol. The highest BCUT2D eigenvalue weighted by atomic mass is 127. The third-order valence-corrected chi connectivity index (χ3v) is 3.53. The molecule has 0 heterocycles. The van der Waals surface area contributed by atoms with Crippen LogP contribution in [-0.4, -0.2) is 44.2 Å². The molecule has 0 aliphatic carbocycles. The number of nitrogens with zero attached hydrogens (tertiary/aromatic N) is 1. The number of unbranched alkanes of at least 4 members (excludes halogenated alkanes) is 1. The summed E-state index contributed by atoms with van der Waals surface area (Å²) in [7, 11) is 0. The SMILES string of the molecule is CCNC(=NCCCCSC)NCCOc1cccc(F)c1.I. The number of nitrogens with one attached hydrogen (secondary N) is 2. The van der Waals surface area contributed by atoms with Crippen molar-refractivity contribution in [1.29, 1.82) is 0 Å². The zero-order chi connectivity index (χ0) is 16.0. The molecule has 0 unspecified atom stereocenters. The highest BCUT2D eigenvalue weighted by molar-refractivity contribution is 14.0. The highest BCUT2D eigenvalue weighted by Crippen LogP contribution is 2.11. The largest absolute Gasteiger partial charge is 0.492 e. The Hall–Kier alpha value is -0.700. The summed E-state index contributed by atoms with van der Waals surface area (Å²) in [5.74, 6) is 2.24. The van der Waals surface area contributed by atoms with Gasteiger partial charge < -0.3 is 15.4 Å². The molecular formula is C16H27FIN3OS. The van der Waals surface area contributed by atoms with E-state index in [1.807, 2.05) is 18.7 Å². The molecule has 2 N–H and O–H groups in total. The first-order chi connectivity index (χ1) is 10.8. The van der Waals surface area contributed by atoms with Crippen molar-refractivity contribution in [2.45, 2.75) is 19.8 Å². The van der Waals surface area contributed by atoms with Crippen LogP contribution in [0, 0.1) is 5.82 Å². The Kier molecular flexibility index (Phi) is 14.4. The van der Waals surface area contributed by atoms with Crippen molar-refractivity contribution in [2.75, 3.05) is 38.2 Å². The summed E-state index contributed by atoms with van der Waals surface area (Å²) in [5, 5.41) is 6.41. The number of halogens is 2. The van der Waals surface area contributed by atoms with Gasteiger partial charge in [0.15, 0.2) is 5.96 Å². The van der Waals surface area contributed by atoms with Crippen LogP contribution in [0.25, 0.3) is 0 Å². The number of ether oxygens (including phenoxy) is 1. The first kappa shape index (κ1) is 22.3. The quantitative estimate of drug-likeness (QED) is 0.245. The fourth-order valence-electron chi connectivity index (χ4n) is 1.79. The lowest BCUT2D eigenvalue weighted by molar-refractivity contribution is 0.320. The number of hydrogen-bond acceptors (Lipinski definition) is 3. The van der Waals surface area contributed by atoms with E-state index in [9.17, 15) is 4.39 Å². The summed E-state index contributed by atoms with van der Waals surface area (Å²) in [5.41, 5.74) is 0. The summed E-state index contributed by atoms with van der Waals surface area (Å²) in [6.07, 6.45) is 4.40. The van der Waals surface area contributed by atoms with Gasteiger partial charge in [0, 0.05) is 19.2 Å². The first-order valence-electron chi connectivity index (χ1n) is 7.65. The van der Waals surface area contributed by atoms with Crippen LogP contribution < -0.4 is 15.4 Å². The van der Waals surface area contributed by atoms with Crippen LogP contribution >= 0.6 is 35.7 Å². The zero-order valence-electron chi connectivity index (χ0n) is 13.8. The first-order valence-corrected chi connectivity index (χ1v) is 9.05. The molecule has 1 aromatic rings. The van der Waals surface area contributed by atoms with Crippen molar-refractivity contribution in [3.05, 3.63) is 30.1 Å². The molecule has 4 nitrogen and oxygen atoms in total. The summed E-state index contributed by atoms with van der Waals surface area (Å²) < 4.78 is 18.5. The summed E-state index contributed by atoms with van der Waals surface area (Å²) in [6.45, 7) is 4.75. The third kappa shape index (κ3) is 11.5. The molecule has 0 aliphatic heterocycles. The average molecular weight is 455 g/mol. The second-order valence-corrected chi connectivity index (χ2v) is 5.68. The molecule has 0 bridgehead atoms. The molecule has 0 saturated heterocycles. The van der Waals surface area contributed by atoms with Gasteiger partial charge in [0.25, 0.3) is 0 Å². The van der Waals surface area contributed by atoms with Crippen LogP contribution in [0.5, 0.6) is 5.75 Å². The number of aliphatic imine (C=N–C) groups is 1. The fraction of sp³-hybridized carbons (Fsp3) is 0.562. The average Bonchev–Trinajstić information content (AvgIpc) is 2.51. The summed E-state index contributed by atoms with van der Waals surface area (Å²) in [6, 6.07) is 6.16. The van der Waals surface area contributed by atoms with Crippen molar-refractivity contribution in [3.63, 3.8) is 0 Å². The van der Waals surface area contributed by atoms with Gasteiger partial charge in [-0.15, -0.1) is 24.0 Å². The molecule has 7 heteroatoms. The maximum Gasteiger partial charge on any atom is 0.191 e. The number of hydrogen-bond donors (Lipinski definition) is 2. The van der Waals surface area contributed by atoms with Gasteiger partial charge in [-0.3, -0.25) is 4.99 Å². The Morgan fingerprint density at radius 2 is 2.13 bits per heavy atom. The maximum atomic E-state index is 13.0. The van der Waals surface area contributed by atoms with Gasteiger partial charge in [0.05, 0.1) is 6.54 Å². The van der Waals surface area contributed by atoms with E-state index in [2.05, 4.69) is 21.9 Å². The lowest BCUT2D eigenvalue weighted by atomic mass is 10.3. The van der Waals surface area contributed by atoms with Crippen molar-refractivity contribution in [3.8, 4) is 5.75 Å². The van der Waals surface area contributed by atoms with Crippen molar-refractivity contribution < 1.29 is 9.13 Å². The molecule has 1 rings (SSSR count). The predicted molar refractivity (Wildman–Crippen MR) is 109 cm³/mol. The van der Waals surface area contributed by atoms with Crippen molar-refractivity contribution in [1.82, 2.24) is 10.6 Å². The molecule has 132 valence electrons. The molecule has 0 atom stereocenters.